The molecule has 6 atom stereocenters. The smallest absolute Gasteiger partial charge is 0.446 e. The number of likely N-dealkylation sites (tertiary alicyclic amines) is 3. The average Bonchev–Trinajstić information content (AvgIpc) is 1.62. The quantitative estimate of drug-likeness (QED) is 0.0232. The molecule has 776 valence electrons. The average molecular weight is 2020 g/mol. The van der Waals surface area contributed by atoms with E-state index in [1.807, 2.05) is 333 Å². The third-order valence-electron chi connectivity index (χ3n) is 26.3. The minimum absolute atomic E-state index is 0.0567. The summed E-state index contributed by atoms with van der Waals surface area (Å²) in [5, 5.41) is 9.58. The van der Waals surface area contributed by atoms with Crippen molar-refractivity contribution in [1.29, 1.82) is 0 Å². The first-order valence-corrected chi connectivity index (χ1v) is 50.4. The van der Waals surface area contributed by atoms with Crippen molar-refractivity contribution in [3.63, 3.8) is 0 Å². The van der Waals surface area contributed by atoms with Gasteiger partial charge in [-0.3, -0.25) is 43.2 Å². The first-order valence-electron chi connectivity index (χ1n) is 50.4. The number of nitrogens with zero attached hydrogens (tertiary/aromatic N) is 3. The predicted octanol–water partition coefficient (Wildman–Crippen LogP) is 21.0. The van der Waals surface area contributed by atoms with Gasteiger partial charge >= 0.3 is 48.0 Å². The summed E-state index contributed by atoms with van der Waals surface area (Å²) in [6.07, 6.45) is 0.544. The van der Waals surface area contributed by atoms with Gasteiger partial charge in [-0.2, -0.15) is 13.2 Å². The Morgan fingerprint density at radius 1 is 0.345 bits per heavy atom. The number of ether oxygens (including phenoxy) is 6. The lowest BCUT2D eigenvalue weighted by Crippen LogP contribution is -2.49. The minimum atomic E-state index is -4.64. The molecule has 16 rings (SSSR count). The number of hydrogen-bond acceptors (Lipinski definition) is 19. The predicted molar refractivity (Wildman–Crippen MR) is 558 cm³/mol. The van der Waals surface area contributed by atoms with Crippen LogP contribution < -0.4 is 5.73 Å². The molecule has 148 heavy (non-hydrogen) atoms. The monoisotopic (exact) mass is 2010 g/mol. The van der Waals surface area contributed by atoms with Crippen LogP contribution >= 0.6 is 0 Å². The summed E-state index contributed by atoms with van der Waals surface area (Å²) in [6.45, 7) is 18.1. The molecule has 0 unspecified atom stereocenters. The van der Waals surface area contributed by atoms with Crippen molar-refractivity contribution in [3.05, 3.63) is 359 Å². The van der Waals surface area contributed by atoms with Gasteiger partial charge < -0.3 is 54.0 Å². The topological polar surface area (TPSA) is 316 Å². The van der Waals surface area contributed by atoms with Crippen molar-refractivity contribution >= 4 is 71.6 Å². The lowest BCUT2D eigenvalue weighted by Gasteiger charge is -2.32. The van der Waals surface area contributed by atoms with Gasteiger partial charge in [0, 0.05) is 37.4 Å². The number of alkyl halides is 3. The summed E-state index contributed by atoms with van der Waals surface area (Å²) >= 11 is 0. The van der Waals surface area contributed by atoms with E-state index in [0.29, 0.717) is 96.7 Å². The maximum absolute atomic E-state index is 14.7. The molecule has 26 heteroatoms. The number of carbonyl (C=O) groups excluding carboxylic acids is 11. The molecule has 0 bridgehead atoms. The molecule has 3 aliphatic heterocycles. The summed E-state index contributed by atoms with van der Waals surface area (Å²) in [4.78, 5) is 158. The second kappa shape index (κ2) is 52.0. The van der Waals surface area contributed by atoms with Gasteiger partial charge in [0.1, 0.15) is 60.5 Å². The van der Waals surface area contributed by atoms with Gasteiger partial charge in [-0.15, -0.1) is 0 Å². The molecule has 3 amide bonds. The zero-order valence-electron chi connectivity index (χ0n) is 85.5. The fraction of sp³-hybridized carbons (Fsp3) is 0.361. The van der Waals surface area contributed by atoms with Crippen LogP contribution in [0.15, 0.2) is 303 Å². The van der Waals surface area contributed by atoms with E-state index in [0.717, 1.165) is 95.4 Å². The van der Waals surface area contributed by atoms with Crippen molar-refractivity contribution in [1.82, 2.24) is 14.7 Å². The molecule has 3 saturated heterocycles. The number of Topliss-reactive ketones (excluding diaryl/α,β-unsaturated/α-hetero) is 1. The molecule has 3 fully saturated rings. The maximum atomic E-state index is 14.7. The Kier molecular flexibility index (Phi) is 39.3. The molecule has 0 aromatic heterocycles. The molecule has 11 aromatic rings. The van der Waals surface area contributed by atoms with Gasteiger partial charge in [-0.05, 0) is 235 Å². The highest BCUT2D eigenvalue weighted by atomic mass is 19.4. The van der Waals surface area contributed by atoms with E-state index in [1.54, 1.807) is 35.5 Å². The van der Waals surface area contributed by atoms with Crippen molar-refractivity contribution in [2.75, 3.05) is 19.6 Å². The van der Waals surface area contributed by atoms with Crippen LogP contribution in [0.4, 0.5) is 13.2 Å². The molecule has 3 heterocycles. The lowest BCUT2D eigenvalue weighted by molar-refractivity contribution is -0.164. The largest absolute Gasteiger partial charge is 0.481 e. The summed E-state index contributed by atoms with van der Waals surface area (Å²) in [5.41, 5.74) is 18.5. The van der Waals surface area contributed by atoms with Crippen LogP contribution in [-0.4, -0.2) is 158 Å². The summed E-state index contributed by atoms with van der Waals surface area (Å²) in [5.74, 6) is -5.61. The number of halogens is 3. The van der Waals surface area contributed by atoms with Gasteiger partial charge in [0.15, 0.2) is 0 Å². The van der Waals surface area contributed by atoms with Crippen molar-refractivity contribution in [2.24, 2.45) is 28.4 Å². The van der Waals surface area contributed by atoms with E-state index in [2.05, 4.69) is 12.1 Å². The summed E-state index contributed by atoms with van der Waals surface area (Å²) in [7, 11) is 0. The first-order chi connectivity index (χ1) is 70.6. The highest BCUT2D eigenvalue weighted by Gasteiger charge is 2.50. The van der Waals surface area contributed by atoms with Crippen LogP contribution in [0.25, 0.3) is 33.4 Å². The number of carboxylic acid groups (broad SMARTS) is 1. The van der Waals surface area contributed by atoms with Crippen LogP contribution in [0.3, 0.4) is 0 Å². The standard InChI is InChI=1S/C44H47NO6.C33H37NO5.C27H28N2O3.C16H20O4.C2HF3O/c1-43(2,3)51-40(47)29-44(27-35-17-10-11-18-36(35)28-44)39(46)26-37(25-31-20-22-34(23-21-31)33-15-8-5-9-16-33)41(48)45-24-12-19-38(45)42(49)50-30-32-13-6-4-7-14-32;1-33(2,3)39-30(35)22-28(21-24-16-18-27(19-17-24)26-13-8-5-9-14-26)31(36)34-20-10-15-29(34)32(37)38-23-25-11-6-4-7-12-25;28-24(18-20-13-15-23(16-14-20)22-10-5-2-6-11-22)26(30)29-17-7-12-25(29)27(31)32-19-21-8-3-1-4-9-21;1-15(2,3)20-13(17)10-16(14(18)19)8-11-6-4-5-7-12(11)9-16;3-2(4,5)1-6/h4-11,13-18,20-23,37-38H,12,19,24-30H2,1-3H3;4-9,11-14,16-19,28-29H,10,15,20-23H2,1-3H3;1-6,8-11,13-16,24-25H,7,12,17-19,28H2;4-7H,8-10H2,1-3H3,(H,18,19);1H/t37-,38+;28-,29+;24-,25-;;/m110../s1. The fourth-order valence-electron chi connectivity index (χ4n) is 19.3. The van der Waals surface area contributed by atoms with Crippen molar-refractivity contribution < 1.29 is 104 Å². The van der Waals surface area contributed by atoms with E-state index in [-0.39, 0.29) is 75.0 Å². The Morgan fingerprint density at radius 3 is 0.899 bits per heavy atom. The Hall–Kier alpha value is -14.8. The van der Waals surface area contributed by atoms with E-state index in [9.17, 15) is 71.0 Å². The molecule has 0 saturated carbocycles. The molecule has 2 aliphatic carbocycles. The second-order valence-electron chi connectivity index (χ2n) is 41.4. The molecule has 23 nitrogen and oxygen atoms in total. The number of rotatable bonds is 31. The van der Waals surface area contributed by atoms with Gasteiger partial charge in [0.25, 0.3) is 0 Å². The molecule has 11 aromatic carbocycles. The number of aldehydes is 1. The van der Waals surface area contributed by atoms with Crippen LogP contribution in [0.5, 0.6) is 0 Å². The van der Waals surface area contributed by atoms with Gasteiger partial charge in [-0.25, -0.2) is 14.4 Å². The van der Waals surface area contributed by atoms with Crippen LogP contribution in [-0.2, 0) is 151 Å². The number of hydrogen-bond donors (Lipinski definition) is 2. The van der Waals surface area contributed by atoms with Crippen LogP contribution in [0, 0.1) is 22.7 Å². The number of amides is 3. The van der Waals surface area contributed by atoms with E-state index >= 15 is 0 Å². The minimum Gasteiger partial charge on any atom is -0.481 e. The number of ketones is 1. The highest BCUT2D eigenvalue weighted by molar-refractivity contribution is 5.96. The number of aliphatic carboxylic acids is 1. The zero-order chi connectivity index (χ0) is 106. The SMILES string of the molecule is CC(C)(C)OC(=O)CC1(C(=O)C[C@@H](Cc2ccc(-c3ccccc3)cc2)C(=O)N2CCC[C@H]2C(=O)OCc2ccccc2)Cc2ccccc2C1.CC(C)(C)OC(=O)CC1(C(=O)O)Cc2ccccc2C1.CC(C)(C)OC(=O)C[C@@H](Cc1ccc(-c2ccccc2)cc1)C(=O)N1CCC[C@H]1C(=O)OCc1ccccc1.N[C@@H](Cc1ccc(-c2ccccc2)cc1)C(=O)N1CCC[C@H]1C(=O)OCc1ccccc1.O=CC(F)(F)F. The number of benzene rings is 11. The number of fused-ring (bicyclic) bond motifs is 2. The Bertz CT molecular complexity index is 6240. The normalized spacial score (nSPS) is 16.3. The third kappa shape index (κ3) is 33.4. The Balaban J connectivity index is 0.000000179. The first kappa shape index (κ1) is 112. The highest BCUT2D eigenvalue weighted by Crippen LogP contribution is 2.45. The number of carbonyl (C=O) groups is 12. The fourth-order valence-corrected chi connectivity index (χ4v) is 19.3. The van der Waals surface area contributed by atoms with E-state index in [4.69, 9.17) is 38.9 Å². The molecular weight excluding hydrogens is 1880 g/mol. The maximum Gasteiger partial charge on any atom is 0.446 e. The summed E-state index contributed by atoms with van der Waals surface area (Å²) in [6, 6.07) is 95.9. The molecular formula is C122H133F3N4O19. The van der Waals surface area contributed by atoms with Crippen LogP contribution in [0.1, 0.15) is 182 Å². The number of esters is 6. The number of nitrogens with two attached hydrogens (primary N) is 1. The lowest BCUT2D eigenvalue weighted by atomic mass is 9.73. The molecule has 0 spiro atoms. The van der Waals surface area contributed by atoms with Crippen molar-refractivity contribution in [2.45, 2.75) is 238 Å². The summed E-state index contributed by atoms with van der Waals surface area (Å²) < 4.78 is 64.5. The zero-order valence-corrected chi connectivity index (χ0v) is 85.5. The van der Waals surface area contributed by atoms with Crippen molar-refractivity contribution in [3.8, 4) is 33.4 Å². The molecule has 0 radical (unpaired) electrons. The van der Waals surface area contributed by atoms with E-state index in [1.165, 1.54) is 0 Å². The Labute approximate surface area is 864 Å². The Morgan fingerprint density at radius 2 is 0.601 bits per heavy atom. The van der Waals surface area contributed by atoms with Gasteiger partial charge in [-0.1, -0.05) is 303 Å². The molecule has 5 aliphatic rings. The van der Waals surface area contributed by atoms with Gasteiger partial charge in [0.05, 0.1) is 36.6 Å². The van der Waals surface area contributed by atoms with E-state index < -0.39 is 112 Å². The van der Waals surface area contributed by atoms with Gasteiger partial charge in [0.2, 0.25) is 24.0 Å². The van der Waals surface area contributed by atoms with Crippen LogP contribution in [0.2, 0.25) is 0 Å². The number of carboxylic acids is 1. The molecule has 3 N–H and O–H groups in total. The second-order valence-corrected chi connectivity index (χ2v) is 41.4. The third-order valence-corrected chi connectivity index (χ3v) is 26.3.